The van der Waals surface area contributed by atoms with Gasteiger partial charge in [0.15, 0.2) is 0 Å². The number of nitrogens with zero attached hydrogens (tertiary/aromatic N) is 4. The van der Waals surface area contributed by atoms with Gasteiger partial charge in [-0.3, -0.25) is 24.6 Å². The summed E-state index contributed by atoms with van der Waals surface area (Å²) >= 11 is 6.90. The fraction of sp³-hybridized carbons (Fsp3) is 0.0385. The van der Waals surface area contributed by atoms with E-state index in [-0.39, 0.29) is 17.1 Å². The number of nitro benzene ring substituents is 1. The number of carbonyl (C=O) groups excluding carboxylic acids is 2. The zero-order chi connectivity index (χ0) is 25.2. The Bertz CT molecular complexity index is 1500. The Kier molecular flexibility index (Phi) is 6.41. The van der Waals surface area contributed by atoms with E-state index in [1.165, 1.54) is 24.3 Å². The number of aromatic nitrogens is 2. The van der Waals surface area contributed by atoms with Crippen molar-refractivity contribution in [3.63, 3.8) is 0 Å². The second-order valence-corrected chi connectivity index (χ2v) is 9.34. The van der Waals surface area contributed by atoms with Crippen molar-refractivity contribution in [3.8, 4) is 16.9 Å². The van der Waals surface area contributed by atoms with Gasteiger partial charge < -0.3 is 0 Å². The molecule has 10 heteroatoms. The lowest BCUT2D eigenvalue weighted by Crippen LogP contribution is -2.27. The van der Waals surface area contributed by atoms with Crippen LogP contribution in [0.25, 0.3) is 23.0 Å². The van der Waals surface area contributed by atoms with Crippen LogP contribution in [0.2, 0.25) is 5.02 Å². The van der Waals surface area contributed by atoms with E-state index in [1.807, 2.05) is 48.7 Å². The van der Waals surface area contributed by atoms with Gasteiger partial charge in [-0.1, -0.05) is 54.1 Å². The third kappa shape index (κ3) is 4.79. The molecule has 2 heterocycles. The van der Waals surface area contributed by atoms with Crippen molar-refractivity contribution in [2.75, 3.05) is 0 Å². The minimum absolute atomic E-state index is 0.0212. The van der Waals surface area contributed by atoms with E-state index in [1.54, 1.807) is 22.9 Å². The summed E-state index contributed by atoms with van der Waals surface area (Å²) in [6, 6.07) is 22.5. The lowest BCUT2D eigenvalue weighted by atomic mass is 10.1. The van der Waals surface area contributed by atoms with E-state index in [0.29, 0.717) is 21.8 Å². The minimum Gasteiger partial charge on any atom is -0.268 e. The summed E-state index contributed by atoms with van der Waals surface area (Å²) in [5.74, 6) is -0.433. The van der Waals surface area contributed by atoms with Crippen LogP contribution in [-0.4, -0.2) is 30.8 Å². The number of benzene rings is 3. The molecule has 36 heavy (non-hydrogen) atoms. The molecule has 1 aliphatic rings. The Labute approximate surface area is 215 Å². The van der Waals surface area contributed by atoms with Crippen molar-refractivity contribution in [2.24, 2.45) is 0 Å². The highest BCUT2D eigenvalue weighted by Gasteiger charge is 2.35. The summed E-state index contributed by atoms with van der Waals surface area (Å²) in [7, 11) is 0. The van der Waals surface area contributed by atoms with Crippen LogP contribution in [0.5, 0.6) is 0 Å². The van der Waals surface area contributed by atoms with Gasteiger partial charge >= 0.3 is 0 Å². The molecule has 0 N–H and O–H groups in total. The molecule has 0 saturated carbocycles. The molecule has 0 radical (unpaired) electrons. The van der Waals surface area contributed by atoms with Crippen LogP contribution in [0.4, 0.5) is 10.5 Å². The lowest BCUT2D eigenvalue weighted by Gasteiger charge is -2.12. The lowest BCUT2D eigenvalue weighted by molar-refractivity contribution is -0.384. The van der Waals surface area contributed by atoms with Gasteiger partial charge in [0.1, 0.15) is 0 Å². The van der Waals surface area contributed by atoms with Gasteiger partial charge in [-0.2, -0.15) is 5.10 Å². The van der Waals surface area contributed by atoms with E-state index in [9.17, 15) is 19.7 Å². The van der Waals surface area contributed by atoms with E-state index < -0.39 is 16.1 Å². The SMILES string of the molecule is O=C1S/C(=C\c2cn(-c3ccccc3)nc2-c2ccc(Cl)cc2)C(=O)N1Cc1ccc([N+](=O)[O-])cc1. The van der Waals surface area contributed by atoms with Crippen LogP contribution in [-0.2, 0) is 11.3 Å². The summed E-state index contributed by atoms with van der Waals surface area (Å²) in [6.45, 7) is 0.0212. The fourth-order valence-electron chi connectivity index (χ4n) is 3.72. The maximum absolute atomic E-state index is 13.1. The van der Waals surface area contributed by atoms with Crippen LogP contribution < -0.4 is 0 Å². The summed E-state index contributed by atoms with van der Waals surface area (Å²) in [6.07, 6.45) is 3.47. The van der Waals surface area contributed by atoms with Gasteiger partial charge in [-0.05, 0) is 47.7 Å². The van der Waals surface area contributed by atoms with Crippen LogP contribution in [0.15, 0.2) is 90.0 Å². The first-order valence-electron chi connectivity index (χ1n) is 10.8. The Morgan fingerprint density at radius 3 is 2.33 bits per heavy atom. The van der Waals surface area contributed by atoms with E-state index >= 15 is 0 Å². The first-order valence-corrected chi connectivity index (χ1v) is 12.0. The van der Waals surface area contributed by atoms with Crippen LogP contribution in [0, 0.1) is 10.1 Å². The van der Waals surface area contributed by atoms with Gasteiger partial charge in [0.05, 0.1) is 27.8 Å². The molecule has 1 aliphatic heterocycles. The molecule has 8 nitrogen and oxygen atoms in total. The third-order valence-corrected chi connectivity index (χ3v) is 6.69. The topological polar surface area (TPSA) is 98.3 Å². The van der Waals surface area contributed by atoms with Gasteiger partial charge in [0.25, 0.3) is 16.8 Å². The van der Waals surface area contributed by atoms with Crippen molar-refractivity contribution < 1.29 is 14.5 Å². The molecular weight excluding hydrogens is 500 g/mol. The molecule has 1 saturated heterocycles. The number of imide groups is 1. The highest BCUT2D eigenvalue weighted by Crippen LogP contribution is 2.35. The van der Waals surface area contributed by atoms with E-state index in [0.717, 1.165) is 27.9 Å². The summed E-state index contributed by atoms with van der Waals surface area (Å²) in [5.41, 5.74) is 3.52. The molecule has 0 unspecified atom stereocenters. The maximum atomic E-state index is 13.1. The van der Waals surface area contributed by atoms with Crippen molar-refractivity contribution in [3.05, 3.63) is 116 Å². The normalized spacial score (nSPS) is 14.6. The molecule has 0 aliphatic carbocycles. The van der Waals surface area contributed by atoms with Crippen LogP contribution >= 0.6 is 23.4 Å². The Hall–Kier alpha value is -4.21. The van der Waals surface area contributed by atoms with Gasteiger partial charge in [-0.25, -0.2) is 4.68 Å². The quantitative estimate of drug-likeness (QED) is 0.168. The number of carbonyl (C=O) groups is 2. The fourth-order valence-corrected chi connectivity index (χ4v) is 4.68. The van der Waals surface area contributed by atoms with Crippen molar-refractivity contribution >= 4 is 46.3 Å². The summed E-state index contributed by atoms with van der Waals surface area (Å²) in [4.78, 5) is 37.6. The molecule has 178 valence electrons. The number of non-ortho nitro benzene ring substituents is 1. The highest BCUT2D eigenvalue weighted by atomic mass is 35.5. The number of hydrogen-bond acceptors (Lipinski definition) is 6. The number of rotatable bonds is 6. The number of amides is 2. The second kappa shape index (κ2) is 9.80. The predicted octanol–water partition coefficient (Wildman–Crippen LogP) is 6.34. The standard InChI is InChI=1S/C26H17ClN4O4S/c27-20-10-8-18(9-11-20)24-19(16-30(28-24)21-4-2-1-3-5-21)14-23-25(32)29(26(33)36-23)15-17-6-12-22(13-7-17)31(34)35/h1-14,16H,15H2/b23-14-. The summed E-state index contributed by atoms with van der Waals surface area (Å²) < 4.78 is 1.72. The Morgan fingerprint density at radius 2 is 1.67 bits per heavy atom. The number of para-hydroxylation sites is 1. The van der Waals surface area contributed by atoms with Gasteiger partial charge in [0.2, 0.25) is 0 Å². The molecule has 1 aromatic heterocycles. The van der Waals surface area contributed by atoms with Crippen LogP contribution in [0.1, 0.15) is 11.1 Å². The number of hydrogen-bond donors (Lipinski definition) is 0. The van der Waals surface area contributed by atoms with Crippen molar-refractivity contribution in [2.45, 2.75) is 6.54 Å². The van der Waals surface area contributed by atoms with Gasteiger partial charge in [0, 0.05) is 34.5 Å². The molecule has 4 aromatic rings. The molecular formula is C26H17ClN4O4S. The largest absolute Gasteiger partial charge is 0.293 e. The Balaban J connectivity index is 1.47. The number of thioether (sulfide) groups is 1. The summed E-state index contributed by atoms with van der Waals surface area (Å²) in [5, 5.41) is 15.8. The zero-order valence-electron chi connectivity index (χ0n) is 18.6. The first-order chi connectivity index (χ1) is 17.4. The van der Waals surface area contributed by atoms with Crippen molar-refractivity contribution in [1.82, 2.24) is 14.7 Å². The molecule has 2 amide bonds. The maximum Gasteiger partial charge on any atom is 0.293 e. The molecule has 0 atom stereocenters. The average Bonchev–Trinajstić information content (AvgIpc) is 3.42. The molecule has 1 fully saturated rings. The molecule has 3 aromatic carbocycles. The smallest absolute Gasteiger partial charge is 0.268 e. The highest BCUT2D eigenvalue weighted by molar-refractivity contribution is 8.18. The average molecular weight is 517 g/mol. The second-order valence-electron chi connectivity index (χ2n) is 7.91. The monoisotopic (exact) mass is 516 g/mol. The first kappa shape index (κ1) is 23.5. The molecule has 0 spiro atoms. The predicted molar refractivity (Wildman–Crippen MR) is 139 cm³/mol. The molecule has 5 rings (SSSR count). The van der Waals surface area contributed by atoms with Gasteiger partial charge in [-0.15, -0.1) is 0 Å². The third-order valence-electron chi connectivity index (χ3n) is 5.53. The molecule has 0 bridgehead atoms. The minimum atomic E-state index is -0.499. The number of nitro groups is 1. The Morgan fingerprint density at radius 1 is 0.972 bits per heavy atom. The van der Waals surface area contributed by atoms with Crippen LogP contribution in [0.3, 0.4) is 0 Å². The van der Waals surface area contributed by atoms with E-state index in [2.05, 4.69) is 0 Å². The van der Waals surface area contributed by atoms with E-state index in [4.69, 9.17) is 16.7 Å². The zero-order valence-corrected chi connectivity index (χ0v) is 20.1. The van der Waals surface area contributed by atoms with Crippen molar-refractivity contribution in [1.29, 1.82) is 0 Å². The number of halogens is 1.